The second kappa shape index (κ2) is 8.48. The highest BCUT2D eigenvalue weighted by atomic mass is 35.5. The van der Waals surface area contributed by atoms with Crippen molar-refractivity contribution in [2.75, 3.05) is 20.3 Å². The molecule has 0 radical (unpaired) electrons. The summed E-state index contributed by atoms with van der Waals surface area (Å²) < 4.78 is 11.0. The van der Waals surface area contributed by atoms with Gasteiger partial charge in [-0.3, -0.25) is 0 Å². The number of methoxy groups -OCH3 is 1. The van der Waals surface area contributed by atoms with Gasteiger partial charge in [0.2, 0.25) is 0 Å². The number of ether oxygens (including phenoxy) is 2. The highest BCUT2D eigenvalue weighted by Gasteiger charge is 2.09. The summed E-state index contributed by atoms with van der Waals surface area (Å²) in [4.78, 5) is 0. The van der Waals surface area contributed by atoms with Crippen LogP contribution in [0.25, 0.3) is 0 Å². The van der Waals surface area contributed by atoms with Crippen molar-refractivity contribution < 1.29 is 9.47 Å². The van der Waals surface area contributed by atoms with E-state index in [1.807, 2.05) is 24.3 Å². The molecule has 1 aromatic carbocycles. The van der Waals surface area contributed by atoms with Gasteiger partial charge in [-0.2, -0.15) is 0 Å². The Morgan fingerprint density at radius 2 is 2.11 bits per heavy atom. The molecule has 0 aliphatic carbocycles. The molecular weight excluding hydrogens is 250 g/mol. The molecule has 3 nitrogen and oxygen atoms in total. The summed E-state index contributed by atoms with van der Waals surface area (Å²) in [6.45, 7) is 6.14. The van der Waals surface area contributed by atoms with Gasteiger partial charge in [-0.05, 0) is 17.7 Å². The van der Waals surface area contributed by atoms with Crippen LogP contribution >= 0.6 is 11.6 Å². The van der Waals surface area contributed by atoms with Crippen LogP contribution in [-0.2, 0) is 16.1 Å². The fraction of sp³-hybridized carbons (Fsp3) is 0.571. The average Bonchev–Trinajstić information content (AvgIpc) is 2.32. The second-order valence-corrected chi connectivity index (χ2v) is 5.02. The molecule has 0 aliphatic heterocycles. The fourth-order valence-corrected chi connectivity index (χ4v) is 1.77. The lowest BCUT2D eigenvalue weighted by atomic mass is 10.2. The Bertz CT molecular complexity index is 344. The fourth-order valence-electron chi connectivity index (χ4n) is 1.56. The maximum Gasteiger partial charge on any atom is 0.0936 e. The van der Waals surface area contributed by atoms with Gasteiger partial charge in [0, 0.05) is 24.7 Å². The summed E-state index contributed by atoms with van der Waals surface area (Å²) in [5.41, 5.74) is 1.08. The van der Waals surface area contributed by atoms with Crippen LogP contribution in [0, 0.1) is 0 Å². The van der Waals surface area contributed by atoms with Crippen LogP contribution in [0.1, 0.15) is 19.4 Å². The first-order chi connectivity index (χ1) is 8.61. The molecule has 0 bridgehead atoms. The van der Waals surface area contributed by atoms with Gasteiger partial charge in [0.15, 0.2) is 0 Å². The Labute approximate surface area is 114 Å². The normalized spacial score (nSPS) is 12.9. The number of rotatable bonds is 8. The standard InChI is InChI=1S/C14H22ClNO2/c1-11(2)16-8-14(10-17-3)18-9-12-5-4-6-13(15)7-12/h4-7,11,14,16H,8-10H2,1-3H3. The van der Waals surface area contributed by atoms with E-state index >= 15 is 0 Å². The van der Waals surface area contributed by atoms with E-state index in [2.05, 4.69) is 19.2 Å². The van der Waals surface area contributed by atoms with Crippen LogP contribution in [-0.4, -0.2) is 32.4 Å². The molecule has 1 N–H and O–H groups in total. The Morgan fingerprint density at radius 3 is 2.72 bits per heavy atom. The Morgan fingerprint density at radius 1 is 1.33 bits per heavy atom. The topological polar surface area (TPSA) is 30.5 Å². The van der Waals surface area contributed by atoms with Crippen LogP contribution in [0.4, 0.5) is 0 Å². The zero-order valence-electron chi connectivity index (χ0n) is 11.3. The maximum absolute atomic E-state index is 5.93. The first-order valence-corrected chi connectivity index (χ1v) is 6.58. The van der Waals surface area contributed by atoms with E-state index in [9.17, 15) is 0 Å². The van der Waals surface area contributed by atoms with Crippen LogP contribution in [0.5, 0.6) is 0 Å². The number of halogens is 1. The minimum atomic E-state index is 0.0522. The molecule has 1 rings (SSSR count). The third-order valence-electron chi connectivity index (χ3n) is 2.48. The average molecular weight is 272 g/mol. The van der Waals surface area contributed by atoms with Gasteiger partial charge in [0.05, 0.1) is 19.3 Å². The van der Waals surface area contributed by atoms with Crippen LogP contribution in [0.15, 0.2) is 24.3 Å². The van der Waals surface area contributed by atoms with E-state index in [0.717, 1.165) is 17.1 Å². The highest BCUT2D eigenvalue weighted by Crippen LogP contribution is 2.12. The van der Waals surface area contributed by atoms with Gasteiger partial charge >= 0.3 is 0 Å². The SMILES string of the molecule is COCC(CNC(C)C)OCc1cccc(Cl)c1. The lowest BCUT2D eigenvalue weighted by molar-refractivity contribution is -0.0109. The van der Waals surface area contributed by atoms with E-state index in [-0.39, 0.29) is 6.10 Å². The largest absolute Gasteiger partial charge is 0.382 e. The van der Waals surface area contributed by atoms with E-state index in [4.69, 9.17) is 21.1 Å². The van der Waals surface area contributed by atoms with Gasteiger partial charge in [-0.15, -0.1) is 0 Å². The van der Waals surface area contributed by atoms with Gasteiger partial charge in [0.25, 0.3) is 0 Å². The third kappa shape index (κ3) is 6.36. The summed E-state index contributed by atoms with van der Waals surface area (Å²) in [5, 5.41) is 4.08. The molecule has 0 saturated carbocycles. The summed E-state index contributed by atoms with van der Waals surface area (Å²) in [6, 6.07) is 8.16. The van der Waals surface area contributed by atoms with Crippen molar-refractivity contribution in [1.29, 1.82) is 0 Å². The second-order valence-electron chi connectivity index (χ2n) is 4.58. The van der Waals surface area contributed by atoms with Crippen LogP contribution in [0.2, 0.25) is 5.02 Å². The molecule has 0 aromatic heterocycles. The van der Waals surface area contributed by atoms with Crippen molar-refractivity contribution in [2.45, 2.75) is 32.6 Å². The monoisotopic (exact) mass is 271 g/mol. The van der Waals surface area contributed by atoms with E-state index in [0.29, 0.717) is 19.3 Å². The first kappa shape index (κ1) is 15.4. The molecule has 0 spiro atoms. The quantitative estimate of drug-likeness (QED) is 0.789. The van der Waals surface area contributed by atoms with Crippen molar-refractivity contribution in [3.05, 3.63) is 34.9 Å². The molecule has 102 valence electrons. The minimum absolute atomic E-state index is 0.0522. The Kier molecular flexibility index (Phi) is 7.28. The van der Waals surface area contributed by atoms with E-state index < -0.39 is 0 Å². The zero-order valence-corrected chi connectivity index (χ0v) is 12.0. The van der Waals surface area contributed by atoms with Crippen molar-refractivity contribution in [3.63, 3.8) is 0 Å². The van der Waals surface area contributed by atoms with Gasteiger partial charge in [-0.25, -0.2) is 0 Å². The highest BCUT2D eigenvalue weighted by molar-refractivity contribution is 6.30. The predicted molar refractivity (Wildman–Crippen MR) is 75.0 cm³/mol. The molecule has 0 aliphatic rings. The molecule has 1 unspecified atom stereocenters. The van der Waals surface area contributed by atoms with Crippen LogP contribution < -0.4 is 5.32 Å². The summed E-state index contributed by atoms with van der Waals surface area (Å²) in [7, 11) is 1.69. The Hall–Kier alpha value is -0.610. The van der Waals surface area contributed by atoms with Gasteiger partial charge in [-0.1, -0.05) is 37.6 Å². The number of benzene rings is 1. The van der Waals surface area contributed by atoms with Crippen LogP contribution in [0.3, 0.4) is 0 Å². The molecule has 4 heteroatoms. The van der Waals surface area contributed by atoms with Gasteiger partial charge < -0.3 is 14.8 Å². The van der Waals surface area contributed by atoms with Crippen molar-refractivity contribution >= 4 is 11.6 Å². The number of nitrogens with one attached hydrogen (secondary N) is 1. The lowest BCUT2D eigenvalue weighted by Crippen LogP contribution is -2.36. The summed E-state index contributed by atoms with van der Waals surface area (Å²) in [6.07, 6.45) is 0.0522. The summed E-state index contributed by atoms with van der Waals surface area (Å²) >= 11 is 5.93. The smallest absolute Gasteiger partial charge is 0.0936 e. The van der Waals surface area contributed by atoms with E-state index in [1.165, 1.54) is 0 Å². The molecule has 0 saturated heterocycles. The van der Waals surface area contributed by atoms with Gasteiger partial charge in [0.1, 0.15) is 0 Å². The molecule has 18 heavy (non-hydrogen) atoms. The molecule has 1 atom stereocenters. The Balaban J connectivity index is 2.41. The molecule has 0 amide bonds. The summed E-state index contributed by atoms with van der Waals surface area (Å²) in [5.74, 6) is 0. The van der Waals surface area contributed by atoms with Crippen molar-refractivity contribution in [3.8, 4) is 0 Å². The van der Waals surface area contributed by atoms with Crippen molar-refractivity contribution in [1.82, 2.24) is 5.32 Å². The minimum Gasteiger partial charge on any atom is -0.382 e. The zero-order chi connectivity index (χ0) is 13.4. The molecule has 0 fully saturated rings. The molecule has 0 heterocycles. The number of hydrogen-bond acceptors (Lipinski definition) is 3. The lowest BCUT2D eigenvalue weighted by Gasteiger charge is -2.19. The van der Waals surface area contributed by atoms with Crippen molar-refractivity contribution in [2.24, 2.45) is 0 Å². The van der Waals surface area contributed by atoms with E-state index in [1.54, 1.807) is 7.11 Å². The molecule has 1 aromatic rings. The third-order valence-corrected chi connectivity index (χ3v) is 2.72. The molecular formula is C14H22ClNO2. The first-order valence-electron chi connectivity index (χ1n) is 6.20. The predicted octanol–water partition coefficient (Wildman–Crippen LogP) is 2.87. The maximum atomic E-state index is 5.93. The number of hydrogen-bond donors (Lipinski definition) is 1.